The zero-order chi connectivity index (χ0) is 17.5. The van der Waals surface area contributed by atoms with Crippen molar-refractivity contribution in [3.63, 3.8) is 0 Å². The lowest BCUT2D eigenvalue weighted by atomic mass is 9.88. The van der Waals surface area contributed by atoms with E-state index in [2.05, 4.69) is 5.32 Å². The molecule has 0 aliphatic carbocycles. The van der Waals surface area contributed by atoms with Crippen LogP contribution in [0.1, 0.15) is 31.7 Å². The summed E-state index contributed by atoms with van der Waals surface area (Å²) >= 11 is 0. The van der Waals surface area contributed by atoms with Gasteiger partial charge in [0, 0.05) is 5.56 Å². The monoisotopic (exact) mass is 324 g/mol. The van der Waals surface area contributed by atoms with Gasteiger partial charge in [0.25, 0.3) is 0 Å². The molecule has 0 aliphatic heterocycles. The highest BCUT2D eigenvalue weighted by molar-refractivity contribution is 5.84. The molecule has 124 valence electrons. The molecule has 0 saturated heterocycles. The molecule has 1 atom stereocenters. The highest BCUT2D eigenvalue weighted by Crippen LogP contribution is 2.29. The van der Waals surface area contributed by atoms with Crippen molar-refractivity contribution in [1.29, 1.82) is 5.26 Å². The van der Waals surface area contributed by atoms with Gasteiger partial charge < -0.3 is 5.32 Å². The van der Waals surface area contributed by atoms with E-state index in [-0.39, 0.29) is 24.2 Å². The van der Waals surface area contributed by atoms with E-state index in [1.165, 1.54) is 6.07 Å². The molecule has 2 aromatic rings. The minimum Gasteiger partial charge on any atom is -0.342 e. The maximum atomic E-state index is 14.0. The number of carbonyl (C=O) groups is 1. The fraction of sp³-hybridized carbons (Fsp3) is 0.300. The number of halogens is 1. The van der Waals surface area contributed by atoms with Crippen molar-refractivity contribution in [2.24, 2.45) is 5.92 Å². The fourth-order valence-electron chi connectivity index (χ4n) is 2.73. The van der Waals surface area contributed by atoms with Crippen LogP contribution < -0.4 is 5.32 Å². The van der Waals surface area contributed by atoms with Gasteiger partial charge >= 0.3 is 0 Å². The summed E-state index contributed by atoms with van der Waals surface area (Å²) in [6.45, 7) is 4.08. The van der Waals surface area contributed by atoms with Crippen molar-refractivity contribution in [3.8, 4) is 17.2 Å². The van der Waals surface area contributed by atoms with Crippen molar-refractivity contribution < 1.29 is 9.18 Å². The first kappa shape index (κ1) is 17.7. The van der Waals surface area contributed by atoms with E-state index >= 15 is 0 Å². The quantitative estimate of drug-likeness (QED) is 0.807. The van der Waals surface area contributed by atoms with Gasteiger partial charge in [-0.15, -0.1) is 0 Å². The van der Waals surface area contributed by atoms with E-state index in [1.54, 1.807) is 18.2 Å². The Balaban J connectivity index is 2.37. The summed E-state index contributed by atoms with van der Waals surface area (Å²) < 4.78 is 14.0. The second-order valence-electron chi connectivity index (χ2n) is 6.16. The Morgan fingerprint density at radius 2 is 1.96 bits per heavy atom. The minimum atomic E-state index is -0.356. The van der Waals surface area contributed by atoms with E-state index in [4.69, 9.17) is 5.26 Å². The summed E-state index contributed by atoms with van der Waals surface area (Å²) in [6, 6.07) is 15.9. The normalized spacial score (nSPS) is 11.8. The van der Waals surface area contributed by atoms with Gasteiger partial charge in [0.2, 0.25) is 5.91 Å². The standard InChI is InChI=1S/C20H21FN2O/c1-14(2)12-18(20(24)23-11-10-22)16-7-5-6-15(13-16)17-8-3-4-9-19(17)21/h3-9,13-14,18H,11-12H2,1-2H3,(H,23,24). The van der Waals surface area contributed by atoms with Gasteiger partial charge in [-0.25, -0.2) is 4.39 Å². The van der Waals surface area contributed by atoms with E-state index in [1.807, 2.05) is 44.2 Å². The molecule has 0 fully saturated rings. The van der Waals surface area contributed by atoms with Crippen molar-refractivity contribution in [3.05, 3.63) is 59.9 Å². The largest absolute Gasteiger partial charge is 0.342 e. The van der Waals surface area contributed by atoms with Crippen molar-refractivity contribution in [1.82, 2.24) is 5.32 Å². The van der Waals surface area contributed by atoms with Gasteiger partial charge in [0.05, 0.1) is 12.0 Å². The molecule has 0 spiro atoms. The summed E-state index contributed by atoms with van der Waals surface area (Å²) in [4.78, 5) is 12.4. The first-order valence-corrected chi connectivity index (χ1v) is 8.02. The fourth-order valence-corrected chi connectivity index (χ4v) is 2.73. The Labute approximate surface area is 142 Å². The molecule has 4 heteroatoms. The molecular weight excluding hydrogens is 303 g/mol. The van der Waals surface area contributed by atoms with Gasteiger partial charge in [0.1, 0.15) is 12.4 Å². The molecular formula is C20H21FN2O. The third-order valence-electron chi connectivity index (χ3n) is 3.84. The average molecular weight is 324 g/mol. The zero-order valence-corrected chi connectivity index (χ0v) is 13.9. The number of hydrogen-bond donors (Lipinski definition) is 1. The van der Waals surface area contributed by atoms with Crippen molar-refractivity contribution >= 4 is 5.91 Å². The SMILES string of the molecule is CC(C)CC(C(=O)NCC#N)c1cccc(-c2ccccc2F)c1. The highest BCUT2D eigenvalue weighted by Gasteiger charge is 2.22. The molecule has 0 saturated carbocycles. The van der Waals surface area contributed by atoms with Gasteiger partial charge in [-0.2, -0.15) is 5.26 Å². The van der Waals surface area contributed by atoms with Crippen LogP contribution in [0.15, 0.2) is 48.5 Å². The van der Waals surface area contributed by atoms with Crippen LogP contribution in [0, 0.1) is 23.1 Å². The molecule has 0 aliphatic rings. The van der Waals surface area contributed by atoms with Crippen LogP contribution in [0.2, 0.25) is 0 Å². The van der Waals surface area contributed by atoms with Crippen LogP contribution in [0.4, 0.5) is 4.39 Å². The number of carbonyl (C=O) groups excluding carboxylic acids is 1. The molecule has 1 amide bonds. The summed E-state index contributed by atoms with van der Waals surface area (Å²) in [5.74, 6) is -0.495. The van der Waals surface area contributed by atoms with Crippen LogP contribution in [0.5, 0.6) is 0 Å². The molecule has 24 heavy (non-hydrogen) atoms. The van der Waals surface area contributed by atoms with Crippen molar-refractivity contribution in [2.75, 3.05) is 6.54 Å². The van der Waals surface area contributed by atoms with E-state index in [0.29, 0.717) is 17.9 Å². The Kier molecular flexibility index (Phi) is 6.08. The minimum absolute atomic E-state index is 0.0135. The molecule has 2 rings (SSSR count). The number of rotatable bonds is 6. The zero-order valence-electron chi connectivity index (χ0n) is 13.9. The maximum Gasteiger partial charge on any atom is 0.228 e. The number of hydrogen-bond acceptors (Lipinski definition) is 2. The Morgan fingerprint density at radius 1 is 1.21 bits per heavy atom. The van der Waals surface area contributed by atoms with Gasteiger partial charge in [-0.1, -0.05) is 56.3 Å². The lowest BCUT2D eigenvalue weighted by Gasteiger charge is -2.19. The molecule has 2 aromatic carbocycles. The number of amides is 1. The topological polar surface area (TPSA) is 52.9 Å². The number of benzene rings is 2. The first-order chi connectivity index (χ1) is 11.5. The van der Waals surface area contributed by atoms with Crippen LogP contribution in [-0.2, 0) is 4.79 Å². The van der Waals surface area contributed by atoms with Crippen LogP contribution in [-0.4, -0.2) is 12.5 Å². The summed E-state index contributed by atoms with van der Waals surface area (Å²) in [5.41, 5.74) is 2.09. The second kappa shape index (κ2) is 8.26. The summed E-state index contributed by atoms with van der Waals surface area (Å²) in [7, 11) is 0. The Morgan fingerprint density at radius 3 is 2.62 bits per heavy atom. The predicted molar refractivity (Wildman–Crippen MR) is 92.7 cm³/mol. The lowest BCUT2D eigenvalue weighted by Crippen LogP contribution is -2.30. The maximum absolute atomic E-state index is 14.0. The van der Waals surface area contributed by atoms with Crippen molar-refractivity contribution in [2.45, 2.75) is 26.2 Å². The molecule has 0 radical (unpaired) electrons. The Bertz CT molecular complexity index is 749. The first-order valence-electron chi connectivity index (χ1n) is 8.02. The number of nitriles is 1. The third kappa shape index (κ3) is 4.42. The molecule has 0 aromatic heterocycles. The van der Waals surface area contributed by atoms with Gasteiger partial charge in [0.15, 0.2) is 0 Å². The Hall–Kier alpha value is -2.67. The van der Waals surface area contributed by atoms with E-state index in [0.717, 1.165) is 11.1 Å². The lowest BCUT2D eigenvalue weighted by molar-refractivity contribution is -0.122. The molecule has 1 unspecified atom stereocenters. The molecule has 1 N–H and O–H groups in total. The molecule has 3 nitrogen and oxygen atoms in total. The van der Waals surface area contributed by atoms with Gasteiger partial charge in [-0.3, -0.25) is 4.79 Å². The predicted octanol–water partition coefficient (Wildman–Crippen LogP) is 4.26. The summed E-state index contributed by atoms with van der Waals surface area (Å²) in [6.07, 6.45) is 0.665. The van der Waals surface area contributed by atoms with Crippen LogP contribution in [0.25, 0.3) is 11.1 Å². The smallest absolute Gasteiger partial charge is 0.228 e. The number of nitrogens with zero attached hydrogens (tertiary/aromatic N) is 1. The average Bonchev–Trinajstić information content (AvgIpc) is 2.58. The van der Waals surface area contributed by atoms with E-state index < -0.39 is 0 Å². The highest BCUT2D eigenvalue weighted by atomic mass is 19.1. The van der Waals surface area contributed by atoms with Crippen LogP contribution in [0.3, 0.4) is 0 Å². The van der Waals surface area contributed by atoms with Crippen LogP contribution >= 0.6 is 0 Å². The summed E-state index contributed by atoms with van der Waals surface area (Å²) in [5, 5.41) is 11.3. The molecule has 0 heterocycles. The number of nitrogens with one attached hydrogen (secondary N) is 1. The van der Waals surface area contributed by atoms with E-state index in [9.17, 15) is 9.18 Å². The third-order valence-corrected chi connectivity index (χ3v) is 3.84. The second-order valence-corrected chi connectivity index (χ2v) is 6.16. The van der Waals surface area contributed by atoms with Gasteiger partial charge in [-0.05, 0) is 29.5 Å². The molecule has 0 bridgehead atoms.